The second-order valence-electron chi connectivity index (χ2n) is 3.95. The second kappa shape index (κ2) is 4.31. The van der Waals surface area contributed by atoms with Gasteiger partial charge in [-0.2, -0.15) is 13.2 Å². The van der Waals surface area contributed by atoms with Gasteiger partial charge in [0.15, 0.2) is 0 Å². The maximum absolute atomic E-state index is 11.8. The van der Waals surface area contributed by atoms with E-state index in [4.69, 9.17) is 5.73 Å². The molecule has 1 aliphatic rings. The Bertz CT molecular complexity index is 151. The highest BCUT2D eigenvalue weighted by molar-refractivity contribution is 4.75. The van der Waals surface area contributed by atoms with Gasteiger partial charge in [0, 0.05) is 12.5 Å². The molecule has 0 amide bonds. The molecule has 1 aliphatic carbocycles. The molecule has 1 unspecified atom stereocenters. The number of nitrogens with two attached hydrogens (primary N) is 1. The molecule has 0 aliphatic heterocycles. The van der Waals surface area contributed by atoms with E-state index in [9.17, 15) is 13.2 Å². The fourth-order valence-corrected chi connectivity index (χ4v) is 1.62. The van der Waals surface area contributed by atoms with Gasteiger partial charge in [-0.25, -0.2) is 0 Å². The van der Waals surface area contributed by atoms with Crippen molar-refractivity contribution in [2.24, 2.45) is 11.7 Å². The molecule has 0 bridgehead atoms. The molecule has 0 radical (unpaired) electrons. The van der Waals surface area contributed by atoms with Crippen LogP contribution in [0, 0.1) is 5.92 Å². The quantitative estimate of drug-likeness (QED) is 0.733. The molecule has 0 aromatic rings. The van der Waals surface area contributed by atoms with E-state index in [0.29, 0.717) is 5.92 Å². The average molecular weight is 195 g/mol. The van der Waals surface area contributed by atoms with Gasteiger partial charge >= 0.3 is 6.18 Å². The lowest BCUT2D eigenvalue weighted by molar-refractivity contribution is -0.136. The second-order valence-corrected chi connectivity index (χ2v) is 3.95. The summed E-state index contributed by atoms with van der Waals surface area (Å²) in [5.74, 6) is 0.600. The van der Waals surface area contributed by atoms with Crippen molar-refractivity contribution in [1.29, 1.82) is 0 Å². The van der Waals surface area contributed by atoms with Gasteiger partial charge in [-0.15, -0.1) is 0 Å². The standard InChI is InChI=1S/C9H16F3N/c10-9(11,12)5-4-8(13)6-7-2-1-3-7/h7-8H,1-6,13H2. The molecule has 0 heterocycles. The summed E-state index contributed by atoms with van der Waals surface area (Å²) in [4.78, 5) is 0. The fraction of sp³-hybridized carbons (Fsp3) is 1.00. The van der Waals surface area contributed by atoms with Crippen molar-refractivity contribution in [3.8, 4) is 0 Å². The monoisotopic (exact) mass is 195 g/mol. The molecule has 0 aromatic carbocycles. The first kappa shape index (κ1) is 10.8. The molecule has 1 nitrogen and oxygen atoms in total. The largest absolute Gasteiger partial charge is 0.389 e. The normalized spacial score (nSPS) is 21.2. The smallest absolute Gasteiger partial charge is 0.328 e. The van der Waals surface area contributed by atoms with Gasteiger partial charge in [0.05, 0.1) is 0 Å². The van der Waals surface area contributed by atoms with Crippen LogP contribution in [-0.2, 0) is 0 Å². The van der Waals surface area contributed by atoms with Crippen LogP contribution in [0.25, 0.3) is 0 Å². The van der Waals surface area contributed by atoms with Crippen LogP contribution in [0.2, 0.25) is 0 Å². The first-order valence-corrected chi connectivity index (χ1v) is 4.80. The van der Waals surface area contributed by atoms with Crippen molar-refractivity contribution in [3.05, 3.63) is 0 Å². The van der Waals surface area contributed by atoms with E-state index in [0.717, 1.165) is 19.3 Å². The molecule has 0 aromatic heterocycles. The molecule has 0 spiro atoms. The third-order valence-corrected chi connectivity index (χ3v) is 2.66. The SMILES string of the molecule is NC(CCC(F)(F)F)CC1CCC1. The van der Waals surface area contributed by atoms with E-state index in [1.165, 1.54) is 6.42 Å². The van der Waals surface area contributed by atoms with Crippen LogP contribution < -0.4 is 5.73 Å². The van der Waals surface area contributed by atoms with E-state index in [2.05, 4.69) is 0 Å². The first-order valence-electron chi connectivity index (χ1n) is 4.80. The summed E-state index contributed by atoms with van der Waals surface area (Å²) in [6, 6.07) is -0.257. The first-order chi connectivity index (χ1) is 5.97. The molecule has 1 rings (SSSR count). The Labute approximate surface area is 76.5 Å². The minimum Gasteiger partial charge on any atom is -0.328 e. The zero-order chi connectivity index (χ0) is 9.90. The lowest BCUT2D eigenvalue weighted by Crippen LogP contribution is -2.28. The minimum absolute atomic E-state index is 0.0833. The molecule has 78 valence electrons. The van der Waals surface area contributed by atoms with Crippen molar-refractivity contribution >= 4 is 0 Å². The summed E-state index contributed by atoms with van der Waals surface area (Å²) < 4.78 is 35.4. The number of halogens is 3. The summed E-state index contributed by atoms with van der Waals surface area (Å²) in [6.07, 6.45) is -0.399. The summed E-state index contributed by atoms with van der Waals surface area (Å²) in [6.45, 7) is 0. The van der Waals surface area contributed by atoms with E-state index in [1.54, 1.807) is 0 Å². The van der Waals surface area contributed by atoms with Crippen LogP contribution in [0.1, 0.15) is 38.5 Å². The minimum atomic E-state index is -4.04. The molecule has 1 atom stereocenters. The Balaban J connectivity index is 2.06. The fourth-order valence-electron chi connectivity index (χ4n) is 1.62. The zero-order valence-corrected chi connectivity index (χ0v) is 7.61. The van der Waals surface area contributed by atoms with Crippen molar-refractivity contribution in [1.82, 2.24) is 0 Å². The summed E-state index contributed by atoms with van der Waals surface area (Å²) in [5.41, 5.74) is 5.59. The van der Waals surface area contributed by atoms with Gasteiger partial charge in [0.25, 0.3) is 0 Å². The van der Waals surface area contributed by atoms with Gasteiger partial charge in [-0.3, -0.25) is 0 Å². The predicted molar refractivity (Wildman–Crippen MR) is 45.2 cm³/mol. The third kappa shape index (κ3) is 4.50. The molecule has 13 heavy (non-hydrogen) atoms. The lowest BCUT2D eigenvalue weighted by atomic mass is 9.80. The molecule has 4 heteroatoms. The number of hydrogen-bond acceptors (Lipinski definition) is 1. The zero-order valence-electron chi connectivity index (χ0n) is 7.61. The van der Waals surface area contributed by atoms with Crippen molar-refractivity contribution in [2.45, 2.75) is 50.7 Å². The summed E-state index contributed by atoms with van der Waals surface area (Å²) in [7, 11) is 0. The summed E-state index contributed by atoms with van der Waals surface area (Å²) >= 11 is 0. The van der Waals surface area contributed by atoms with Gasteiger partial charge in [-0.05, 0) is 18.8 Å². The highest BCUT2D eigenvalue weighted by atomic mass is 19.4. The van der Waals surface area contributed by atoms with E-state index >= 15 is 0 Å². The Morgan fingerprint density at radius 3 is 2.31 bits per heavy atom. The number of rotatable bonds is 4. The van der Waals surface area contributed by atoms with Crippen molar-refractivity contribution < 1.29 is 13.2 Å². The lowest BCUT2D eigenvalue weighted by Gasteiger charge is -2.28. The predicted octanol–water partition coefficient (Wildman–Crippen LogP) is 2.85. The number of alkyl halides is 3. The van der Waals surface area contributed by atoms with Gasteiger partial charge in [0.2, 0.25) is 0 Å². The van der Waals surface area contributed by atoms with Crippen LogP contribution >= 0.6 is 0 Å². The Kier molecular flexibility index (Phi) is 3.59. The molecular formula is C9H16F3N. The van der Waals surface area contributed by atoms with E-state index in [1.807, 2.05) is 0 Å². The van der Waals surface area contributed by atoms with Crippen LogP contribution in [0.5, 0.6) is 0 Å². The summed E-state index contributed by atoms with van der Waals surface area (Å²) in [5, 5.41) is 0. The highest BCUT2D eigenvalue weighted by Gasteiger charge is 2.28. The van der Waals surface area contributed by atoms with Crippen LogP contribution in [0.15, 0.2) is 0 Å². The molecular weight excluding hydrogens is 179 g/mol. The Hall–Kier alpha value is -0.250. The average Bonchev–Trinajstić information content (AvgIpc) is 1.91. The highest BCUT2D eigenvalue weighted by Crippen LogP contribution is 2.31. The van der Waals surface area contributed by atoms with Crippen molar-refractivity contribution in [3.63, 3.8) is 0 Å². The third-order valence-electron chi connectivity index (χ3n) is 2.66. The van der Waals surface area contributed by atoms with E-state index in [-0.39, 0.29) is 12.5 Å². The van der Waals surface area contributed by atoms with Crippen molar-refractivity contribution in [2.75, 3.05) is 0 Å². The van der Waals surface area contributed by atoms with Gasteiger partial charge in [-0.1, -0.05) is 19.3 Å². The van der Waals surface area contributed by atoms with Crippen LogP contribution in [0.4, 0.5) is 13.2 Å². The van der Waals surface area contributed by atoms with E-state index < -0.39 is 12.6 Å². The topological polar surface area (TPSA) is 26.0 Å². The van der Waals surface area contributed by atoms with Gasteiger partial charge in [0.1, 0.15) is 0 Å². The number of hydrogen-bond donors (Lipinski definition) is 1. The molecule has 1 fully saturated rings. The van der Waals surface area contributed by atoms with Crippen LogP contribution in [-0.4, -0.2) is 12.2 Å². The maximum Gasteiger partial charge on any atom is 0.389 e. The van der Waals surface area contributed by atoms with Crippen LogP contribution in [0.3, 0.4) is 0 Å². The molecule has 2 N–H and O–H groups in total. The van der Waals surface area contributed by atoms with Gasteiger partial charge < -0.3 is 5.73 Å². The maximum atomic E-state index is 11.8. The Morgan fingerprint density at radius 1 is 1.31 bits per heavy atom. The Morgan fingerprint density at radius 2 is 1.92 bits per heavy atom. The molecule has 1 saturated carbocycles. The molecule has 0 saturated heterocycles.